The number of nitrogens with zero attached hydrogens (tertiary/aromatic N) is 6. The molecule has 0 aliphatic rings. The molecule has 2 aromatic heterocycles. The van der Waals surface area contributed by atoms with Crippen molar-refractivity contribution in [2.45, 2.75) is 17.5 Å². The first-order valence-corrected chi connectivity index (χ1v) is 9.30. The quantitative estimate of drug-likeness (QED) is 0.438. The molecule has 0 spiro atoms. The standard InChI is InChI=1S/C18H15FN6O2S/c1-26-15-8-2-12(3-9-15)10-25-18(21-23-24-25)28-11-16-20-17(22-27-16)13-4-6-14(19)7-5-13/h2-9H,10-11H2,1H3. The zero-order valence-electron chi connectivity index (χ0n) is 14.8. The Hall–Kier alpha value is -3.27. The summed E-state index contributed by atoms with van der Waals surface area (Å²) in [6.45, 7) is 0.532. The zero-order valence-corrected chi connectivity index (χ0v) is 15.6. The fraction of sp³-hybridized carbons (Fsp3) is 0.167. The molecular formula is C18H15FN6O2S. The first-order valence-electron chi connectivity index (χ1n) is 8.31. The predicted molar refractivity (Wildman–Crippen MR) is 99.2 cm³/mol. The molecule has 0 radical (unpaired) electrons. The van der Waals surface area contributed by atoms with E-state index in [1.165, 1.54) is 23.9 Å². The fourth-order valence-corrected chi connectivity index (χ4v) is 3.17. The third-order valence-electron chi connectivity index (χ3n) is 3.89. The maximum Gasteiger partial charge on any atom is 0.237 e. The van der Waals surface area contributed by atoms with Crippen LogP contribution in [0.4, 0.5) is 4.39 Å². The van der Waals surface area contributed by atoms with Gasteiger partial charge in [0.15, 0.2) is 0 Å². The van der Waals surface area contributed by atoms with Gasteiger partial charge in [0.2, 0.25) is 16.9 Å². The van der Waals surface area contributed by atoms with Crippen LogP contribution >= 0.6 is 11.8 Å². The molecule has 2 aromatic carbocycles. The normalized spacial score (nSPS) is 10.9. The second-order valence-corrected chi connectivity index (χ2v) is 6.72. The third-order valence-corrected chi connectivity index (χ3v) is 4.83. The smallest absolute Gasteiger partial charge is 0.237 e. The highest BCUT2D eigenvalue weighted by Crippen LogP contribution is 2.22. The van der Waals surface area contributed by atoms with E-state index in [-0.39, 0.29) is 5.82 Å². The van der Waals surface area contributed by atoms with E-state index >= 15 is 0 Å². The van der Waals surface area contributed by atoms with Crippen molar-refractivity contribution in [1.82, 2.24) is 30.3 Å². The van der Waals surface area contributed by atoms with Gasteiger partial charge in [0.25, 0.3) is 0 Å². The van der Waals surface area contributed by atoms with E-state index in [1.54, 1.807) is 23.9 Å². The Kier molecular flexibility index (Phi) is 5.29. The number of hydrogen-bond donors (Lipinski definition) is 0. The molecule has 4 aromatic rings. The van der Waals surface area contributed by atoms with Crippen molar-refractivity contribution in [2.75, 3.05) is 7.11 Å². The Balaban J connectivity index is 1.40. The van der Waals surface area contributed by atoms with E-state index < -0.39 is 0 Å². The lowest BCUT2D eigenvalue weighted by Crippen LogP contribution is -2.04. The molecule has 0 N–H and O–H groups in total. The third kappa shape index (κ3) is 4.17. The highest BCUT2D eigenvalue weighted by Gasteiger charge is 2.13. The fourth-order valence-electron chi connectivity index (χ4n) is 2.46. The first kappa shape index (κ1) is 18.1. The van der Waals surface area contributed by atoms with Gasteiger partial charge in [0.05, 0.1) is 19.4 Å². The molecule has 4 rings (SSSR count). The van der Waals surface area contributed by atoms with E-state index in [0.29, 0.717) is 34.7 Å². The van der Waals surface area contributed by atoms with E-state index in [1.807, 2.05) is 24.3 Å². The monoisotopic (exact) mass is 398 g/mol. The predicted octanol–water partition coefficient (Wildman–Crippen LogP) is 3.21. The van der Waals surface area contributed by atoms with Crippen molar-refractivity contribution in [3.05, 3.63) is 65.8 Å². The Morgan fingerprint density at radius 1 is 1.11 bits per heavy atom. The molecule has 28 heavy (non-hydrogen) atoms. The van der Waals surface area contributed by atoms with Crippen LogP contribution in [-0.2, 0) is 12.3 Å². The first-order chi connectivity index (χ1) is 13.7. The molecule has 0 saturated carbocycles. The lowest BCUT2D eigenvalue weighted by atomic mass is 10.2. The second kappa shape index (κ2) is 8.17. The van der Waals surface area contributed by atoms with Crippen molar-refractivity contribution < 1.29 is 13.7 Å². The number of tetrazole rings is 1. The van der Waals surface area contributed by atoms with Gasteiger partial charge < -0.3 is 9.26 Å². The number of hydrogen-bond acceptors (Lipinski definition) is 8. The molecular weight excluding hydrogens is 383 g/mol. The van der Waals surface area contributed by atoms with Gasteiger partial charge >= 0.3 is 0 Å². The Bertz CT molecular complexity index is 1050. The van der Waals surface area contributed by atoms with Gasteiger partial charge in [0.1, 0.15) is 11.6 Å². The number of aromatic nitrogens is 6. The van der Waals surface area contributed by atoms with Crippen LogP contribution in [0, 0.1) is 5.82 Å². The molecule has 0 aliphatic heterocycles. The van der Waals surface area contributed by atoms with Gasteiger partial charge in [-0.2, -0.15) is 4.98 Å². The molecule has 0 aliphatic carbocycles. The highest BCUT2D eigenvalue weighted by molar-refractivity contribution is 7.98. The molecule has 0 amide bonds. The summed E-state index contributed by atoms with van der Waals surface area (Å²) in [5.74, 6) is 1.74. The summed E-state index contributed by atoms with van der Waals surface area (Å²) in [5.41, 5.74) is 1.73. The van der Waals surface area contributed by atoms with Gasteiger partial charge in [-0.15, -0.1) is 5.10 Å². The SMILES string of the molecule is COc1ccc(Cn2nnnc2SCc2nc(-c3ccc(F)cc3)no2)cc1. The van der Waals surface area contributed by atoms with E-state index in [2.05, 4.69) is 25.7 Å². The lowest BCUT2D eigenvalue weighted by Gasteiger charge is -2.05. The van der Waals surface area contributed by atoms with Crippen LogP contribution in [0.2, 0.25) is 0 Å². The van der Waals surface area contributed by atoms with Crippen LogP contribution in [0.1, 0.15) is 11.5 Å². The molecule has 0 bridgehead atoms. The number of methoxy groups -OCH3 is 1. The van der Waals surface area contributed by atoms with Crippen molar-refractivity contribution in [2.24, 2.45) is 0 Å². The maximum absolute atomic E-state index is 13.0. The van der Waals surface area contributed by atoms with E-state index in [9.17, 15) is 4.39 Å². The minimum absolute atomic E-state index is 0.313. The summed E-state index contributed by atoms with van der Waals surface area (Å²) in [6.07, 6.45) is 0. The zero-order chi connectivity index (χ0) is 19.3. The molecule has 142 valence electrons. The second-order valence-electron chi connectivity index (χ2n) is 5.77. The summed E-state index contributed by atoms with van der Waals surface area (Å²) < 4.78 is 25.1. The number of thioether (sulfide) groups is 1. The van der Waals surface area contributed by atoms with Crippen LogP contribution in [0.5, 0.6) is 5.75 Å². The van der Waals surface area contributed by atoms with Crippen LogP contribution in [0.25, 0.3) is 11.4 Å². The maximum atomic E-state index is 13.0. The minimum atomic E-state index is -0.313. The van der Waals surface area contributed by atoms with Crippen LogP contribution < -0.4 is 4.74 Å². The summed E-state index contributed by atoms with van der Waals surface area (Å²) in [7, 11) is 1.63. The Morgan fingerprint density at radius 2 is 1.89 bits per heavy atom. The molecule has 2 heterocycles. The highest BCUT2D eigenvalue weighted by atomic mass is 32.2. The van der Waals surface area contributed by atoms with Crippen molar-refractivity contribution >= 4 is 11.8 Å². The van der Waals surface area contributed by atoms with Crippen LogP contribution in [0.3, 0.4) is 0 Å². The molecule has 0 atom stereocenters. The van der Waals surface area contributed by atoms with Gasteiger partial charge in [-0.05, 0) is 52.4 Å². The lowest BCUT2D eigenvalue weighted by molar-refractivity contribution is 0.391. The van der Waals surface area contributed by atoms with Gasteiger partial charge in [0, 0.05) is 5.56 Å². The molecule has 0 unspecified atom stereocenters. The van der Waals surface area contributed by atoms with E-state index in [4.69, 9.17) is 9.26 Å². The van der Waals surface area contributed by atoms with Crippen molar-refractivity contribution in [3.8, 4) is 17.1 Å². The van der Waals surface area contributed by atoms with Crippen LogP contribution in [0.15, 0.2) is 58.2 Å². The summed E-state index contributed by atoms with van der Waals surface area (Å²) >= 11 is 1.39. The minimum Gasteiger partial charge on any atom is -0.497 e. The summed E-state index contributed by atoms with van der Waals surface area (Å²) in [5, 5.41) is 16.4. The molecule has 0 saturated heterocycles. The summed E-state index contributed by atoms with van der Waals surface area (Å²) in [6, 6.07) is 13.6. The van der Waals surface area contributed by atoms with Crippen molar-refractivity contribution in [3.63, 3.8) is 0 Å². The average Bonchev–Trinajstić information content (AvgIpc) is 3.37. The van der Waals surface area contributed by atoms with Crippen LogP contribution in [-0.4, -0.2) is 37.5 Å². The Labute approximate surface area is 163 Å². The Morgan fingerprint density at radius 3 is 2.64 bits per heavy atom. The van der Waals surface area contributed by atoms with E-state index in [0.717, 1.165) is 11.3 Å². The van der Waals surface area contributed by atoms with Crippen molar-refractivity contribution in [1.29, 1.82) is 0 Å². The largest absolute Gasteiger partial charge is 0.497 e. The molecule has 10 heteroatoms. The van der Waals surface area contributed by atoms with Gasteiger partial charge in [-0.3, -0.25) is 0 Å². The average molecular weight is 398 g/mol. The number of halogens is 1. The molecule has 8 nitrogen and oxygen atoms in total. The molecule has 0 fully saturated rings. The summed E-state index contributed by atoms with van der Waals surface area (Å²) in [4.78, 5) is 4.33. The number of benzene rings is 2. The van der Waals surface area contributed by atoms with Gasteiger partial charge in [-0.1, -0.05) is 29.1 Å². The topological polar surface area (TPSA) is 91.8 Å². The number of ether oxygens (including phenoxy) is 1. The van der Waals surface area contributed by atoms with Gasteiger partial charge in [-0.25, -0.2) is 9.07 Å². The number of rotatable bonds is 7.